The third-order valence-corrected chi connectivity index (χ3v) is 1.95. The Balaban J connectivity index is 3.01. The summed E-state index contributed by atoms with van der Waals surface area (Å²) in [6.07, 6.45) is 1.96. The molecule has 2 nitrogen and oxygen atoms in total. The fourth-order valence-corrected chi connectivity index (χ4v) is 1.17. The second kappa shape index (κ2) is 4.67. The van der Waals surface area contributed by atoms with Crippen molar-refractivity contribution < 1.29 is 9.26 Å². The van der Waals surface area contributed by atoms with Crippen LogP contribution in [0.15, 0.2) is 0 Å². The van der Waals surface area contributed by atoms with Crippen LogP contribution in [0.5, 0.6) is 0 Å². The average Bonchev–Trinajstić information content (AvgIpc) is 1.63. The molecule has 0 aromatic heterocycles. The van der Waals surface area contributed by atoms with Gasteiger partial charge in [-0.25, -0.2) is 0 Å². The number of hydrogen-bond acceptors (Lipinski definition) is 1. The maximum atomic E-state index is 10.2. The second-order valence-electron chi connectivity index (χ2n) is 2.68. The Hall–Kier alpha value is -0.183. The van der Waals surface area contributed by atoms with Crippen LogP contribution in [0.2, 0.25) is 6.04 Å². The summed E-state index contributed by atoms with van der Waals surface area (Å²) >= 11 is 0. The molecule has 0 heterocycles. The van der Waals surface area contributed by atoms with Gasteiger partial charge in [-0.3, -0.25) is 0 Å². The lowest BCUT2D eigenvalue weighted by atomic mass is 10.1. The smallest absolute Gasteiger partial charge is 0.499 e. The summed E-state index contributed by atoms with van der Waals surface area (Å²) in [5, 5.41) is 0. The zero-order valence-electron chi connectivity index (χ0n) is 6.05. The molecule has 1 N–H and O–H groups in total. The van der Waals surface area contributed by atoms with E-state index in [4.69, 9.17) is 4.80 Å². The normalized spacial score (nSPS) is 10.1. The minimum absolute atomic E-state index is 0.503. The van der Waals surface area contributed by atoms with Gasteiger partial charge in [-0.05, 0) is 12.3 Å². The van der Waals surface area contributed by atoms with Crippen molar-refractivity contribution in [2.24, 2.45) is 5.92 Å². The highest BCUT2D eigenvalue weighted by Gasteiger charge is 2.01. The predicted octanol–water partition coefficient (Wildman–Crippen LogP) is 1.33. The zero-order valence-corrected chi connectivity index (χ0v) is 7.05. The van der Waals surface area contributed by atoms with Crippen LogP contribution in [0.3, 0.4) is 0 Å². The van der Waals surface area contributed by atoms with Crippen molar-refractivity contribution in [1.29, 1.82) is 0 Å². The second-order valence-corrected chi connectivity index (χ2v) is 3.97. The maximum Gasteiger partial charge on any atom is 0.499 e. The molecular weight excluding hydrogens is 132 g/mol. The first-order valence-electron chi connectivity index (χ1n) is 3.34. The Morgan fingerprint density at radius 2 is 2.11 bits per heavy atom. The van der Waals surface area contributed by atoms with E-state index in [1.165, 1.54) is 0 Å². The minimum atomic E-state index is -2.18. The summed E-state index contributed by atoms with van der Waals surface area (Å²) in [6.45, 7) is 4.24. The van der Waals surface area contributed by atoms with Gasteiger partial charge in [-0.2, -0.15) is 0 Å². The summed E-state index contributed by atoms with van der Waals surface area (Å²) in [5.74, 6) is 0.659. The number of rotatable bonds is 4. The SMILES string of the molecule is CC(C)CCC[Si](=O)O. The molecule has 0 bridgehead atoms. The Morgan fingerprint density at radius 3 is 2.44 bits per heavy atom. The third-order valence-electron chi connectivity index (χ3n) is 1.17. The van der Waals surface area contributed by atoms with Crippen molar-refractivity contribution >= 4 is 8.93 Å². The standard InChI is InChI=1S/C6H14O2Si/c1-6(2)4-3-5-9(7)8/h6-7H,3-5H2,1-2H3. The van der Waals surface area contributed by atoms with Gasteiger partial charge in [0.15, 0.2) is 0 Å². The first-order valence-corrected chi connectivity index (χ1v) is 4.91. The summed E-state index contributed by atoms with van der Waals surface area (Å²) in [5.41, 5.74) is 0. The highest BCUT2D eigenvalue weighted by Crippen LogP contribution is 2.05. The van der Waals surface area contributed by atoms with Crippen LogP contribution in [0.1, 0.15) is 26.7 Å². The van der Waals surface area contributed by atoms with E-state index in [0.717, 1.165) is 12.8 Å². The van der Waals surface area contributed by atoms with Gasteiger partial charge in [0.25, 0.3) is 0 Å². The Labute approximate surface area is 57.7 Å². The molecule has 54 valence electrons. The van der Waals surface area contributed by atoms with Crippen molar-refractivity contribution in [3.63, 3.8) is 0 Å². The van der Waals surface area contributed by atoms with Gasteiger partial charge in [-0.15, -0.1) is 0 Å². The molecule has 0 aromatic carbocycles. The summed E-state index contributed by atoms with van der Waals surface area (Å²) in [7, 11) is -2.18. The lowest BCUT2D eigenvalue weighted by Crippen LogP contribution is -1.97. The Kier molecular flexibility index (Phi) is 4.58. The van der Waals surface area contributed by atoms with Gasteiger partial charge in [0.1, 0.15) is 0 Å². The van der Waals surface area contributed by atoms with Crippen molar-refractivity contribution in [2.75, 3.05) is 0 Å². The zero-order chi connectivity index (χ0) is 7.28. The molecule has 0 aromatic rings. The summed E-state index contributed by atoms with van der Waals surface area (Å²) < 4.78 is 10.2. The van der Waals surface area contributed by atoms with Crippen molar-refractivity contribution in [1.82, 2.24) is 0 Å². The third kappa shape index (κ3) is 7.82. The van der Waals surface area contributed by atoms with E-state index in [-0.39, 0.29) is 0 Å². The molecule has 0 unspecified atom stereocenters. The Morgan fingerprint density at radius 1 is 1.56 bits per heavy atom. The van der Waals surface area contributed by atoms with Crippen molar-refractivity contribution in [3.8, 4) is 0 Å². The van der Waals surface area contributed by atoms with Gasteiger partial charge >= 0.3 is 8.93 Å². The van der Waals surface area contributed by atoms with E-state index < -0.39 is 8.93 Å². The van der Waals surface area contributed by atoms with Crippen LogP contribution in [0.4, 0.5) is 0 Å². The molecule has 0 aliphatic heterocycles. The van der Waals surface area contributed by atoms with Crippen molar-refractivity contribution in [2.45, 2.75) is 32.7 Å². The monoisotopic (exact) mass is 146 g/mol. The first-order chi connectivity index (χ1) is 4.13. The van der Waals surface area contributed by atoms with E-state index in [2.05, 4.69) is 13.8 Å². The van der Waals surface area contributed by atoms with Gasteiger partial charge in [-0.1, -0.05) is 20.3 Å². The molecule has 0 aliphatic carbocycles. The molecule has 0 amide bonds. The fourth-order valence-electron chi connectivity index (χ4n) is 0.662. The largest absolute Gasteiger partial charge is 0.540 e. The highest BCUT2D eigenvalue weighted by molar-refractivity contribution is 6.32. The lowest BCUT2D eigenvalue weighted by Gasteiger charge is -1.99. The molecule has 0 saturated carbocycles. The molecule has 0 rings (SSSR count). The van der Waals surface area contributed by atoms with Crippen molar-refractivity contribution in [3.05, 3.63) is 0 Å². The van der Waals surface area contributed by atoms with Crippen LogP contribution < -0.4 is 0 Å². The topological polar surface area (TPSA) is 37.3 Å². The molecule has 0 spiro atoms. The first kappa shape index (κ1) is 8.82. The van der Waals surface area contributed by atoms with Crippen LogP contribution in [0.25, 0.3) is 0 Å². The van der Waals surface area contributed by atoms with Gasteiger partial charge in [0.2, 0.25) is 0 Å². The van der Waals surface area contributed by atoms with E-state index >= 15 is 0 Å². The van der Waals surface area contributed by atoms with Gasteiger partial charge in [0, 0.05) is 6.04 Å². The highest BCUT2D eigenvalue weighted by atomic mass is 28.3. The van der Waals surface area contributed by atoms with E-state index in [1.807, 2.05) is 0 Å². The van der Waals surface area contributed by atoms with Gasteiger partial charge < -0.3 is 9.26 Å². The van der Waals surface area contributed by atoms with Gasteiger partial charge in [0.05, 0.1) is 0 Å². The summed E-state index contributed by atoms with van der Waals surface area (Å²) in [4.78, 5) is 8.41. The van der Waals surface area contributed by atoms with E-state index in [0.29, 0.717) is 12.0 Å². The predicted molar refractivity (Wildman–Crippen MR) is 37.5 cm³/mol. The average molecular weight is 146 g/mol. The molecule has 0 atom stereocenters. The molecule has 0 saturated heterocycles. The maximum absolute atomic E-state index is 10.2. The minimum Gasteiger partial charge on any atom is -0.540 e. The van der Waals surface area contributed by atoms with Crippen LogP contribution >= 0.6 is 0 Å². The summed E-state index contributed by atoms with van der Waals surface area (Å²) in [6, 6.07) is 0.503. The van der Waals surface area contributed by atoms with E-state index in [9.17, 15) is 4.46 Å². The molecule has 0 radical (unpaired) electrons. The molecule has 9 heavy (non-hydrogen) atoms. The molecule has 0 fully saturated rings. The molecular formula is C6H14O2Si. The van der Waals surface area contributed by atoms with E-state index in [1.54, 1.807) is 0 Å². The van der Waals surface area contributed by atoms with Crippen LogP contribution in [0, 0.1) is 5.92 Å². The van der Waals surface area contributed by atoms with Crippen LogP contribution in [-0.4, -0.2) is 13.7 Å². The fraction of sp³-hybridized carbons (Fsp3) is 1.00. The molecule has 3 heteroatoms. The lowest BCUT2D eigenvalue weighted by molar-refractivity contribution is 0.439. The number of hydrogen-bond donors (Lipinski definition) is 1. The Bertz CT molecular complexity index is 91.1. The molecule has 0 aliphatic rings. The quantitative estimate of drug-likeness (QED) is 0.608. The van der Waals surface area contributed by atoms with Crippen LogP contribution in [-0.2, 0) is 4.46 Å².